The van der Waals surface area contributed by atoms with Gasteiger partial charge in [-0.2, -0.15) is 0 Å². The molecule has 1 saturated carbocycles. The minimum atomic E-state index is -0.609. The minimum absolute atomic E-state index is 0.0439. The van der Waals surface area contributed by atoms with Crippen LogP contribution < -0.4 is 0 Å². The van der Waals surface area contributed by atoms with E-state index in [1.807, 2.05) is 0 Å². The van der Waals surface area contributed by atoms with Gasteiger partial charge >= 0.3 is 5.97 Å². The van der Waals surface area contributed by atoms with Crippen molar-refractivity contribution in [2.75, 3.05) is 0 Å². The van der Waals surface area contributed by atoms with E-state index < -0.39 is 6.10 Å². The second-order valence-electron chi connectivity index (χ2n) is 6.07. The van der Waals surface area contributed by atoms with E-state index in [0.29, 0.717) is 5.92 Å². The van der Waals surface area contributed by atoms with Crippen molar-refractivity contribution in [3.05, 3.63) is 0 Å². The molecule has 1 aliphatic carbocycles. The van der Waals surface area contributed by atoms with Gasteiger partial charge in [0, 0.05) is 0 Å². The molecule has 0 amide bonds. The molecule has 0 aromatic rings. The second kappa shape index (κ2) is 5.85. The molecule has 1 aliphatic rings. The van der Waals surface area contributed by atoms with Gasteiger partial charge in [-0.3, -0.25) is 4.79 Å². The summed E-state index contributed by atoms with van der Waals surface area (Å²) < 4.78 is 5.45. The van der Waals surface area contributed by atoms with E-state index in [4.69, 9.17) is 9.84 Å². The predicted octanol–water partition coefficient (Wildman–Crippen LogP) is 2.91. The quantitative estimate of drug-likeness (QED) is 0.771. The average molecular weight is 242 g/mol. The number of aliphatic hydroxyl groups is 1. The molecule has 3 heteroatoms. The third-order valence-electron chi connectivity index (χ3n) is 4.12. The number of carbonyl (C=O) groups is 1. The van der Waals surface area contributed by atoms with Crippen LogP contribution in [0.1, 0.15) is 59.8 Å². The molecule has 2 unspecified atom stereocenters. The Morgan fingerprint density at radius 1 is 1.47 bits per heavy atom. The van der Waals surface area contributed by atoms with Crippen LogP contribution >= 0.6 is 0 Å². The third-order valence-corrected chi connectivity index (χ3v) is 4.12. The highest BCUT2D eigenvalue weighted by Gasteiger charge is 2.36. The molecule has 1 fully saturated rings. The molecule has 0 aliphatic heterocycles. The Hall–Kier alpha value is -0.570. The predicted molar refractivity (Wildman–Crippen MR) is 67.6 cm³/mol. The molecule has 1 rings (SSSR count). The fourth-order valence-electron chi connectivity index (χ4n) is 2.56. The summed E-state index contributed by atoms with van der Waals surface area (Å²) >= 11 is 0. The lowest BCUT2D eigenvalue weighted by Gasteiger charge is -2.41. The van der Waals surface area contributed by atoms with Crippen molar-refractivity contribution in [2.45, 2.75) is 72.0 Å². The van der Waals surface area contributed by atoms with Crippen molar-refractivity contribution in [1.82, 2.24) is 0 Å². The topological polar surface area (TPSA) is 46.5 Å². The van der Waals surface area contributed by atoms with Crippen LogP contribution in [-0.2, 0) is 9.53 Å². The summed E-state index contributed by atoms with van der Waals surface area (Å²) in [6.45, 7) is 8.37. The molecular formula is C14H26O3. The van der Waals surface area contributed by atoms with Gasteiger partial charge in [0.05, 0.1) is 12.5 Å². The molecule has 0 bridgehead atoms. The van der Waals surface area contributed by atoms with Gasteiger partial charge in [0.25, 0.3) is 0 Å². The second-order valence-corrected chi connectivity index (χ2v) is 6.07. The van der Waals surface area contributed by atoms with Crippen molar-refractivity contribution in [3.63, 3.8) is 0 Å². The summed E-state index contributed by atoms with van der Waals surface area (Å²) in [6, 6.07) is 0. The Balaban J connectivity index is 2.47. The van der Waals surface area contributed by atoms with Gasteiger partial charge in [-0.25, -0.2) is 0 Å². The molecule has 0 radical (unpaired) electrons. The minimum Gasteiger partial charge on any atom is -0.462 e. The summed E-state index contributed by atoms with van der Waals surface area (Å²) in [5.41, 5.74) is 0.286. The Morgan fingerprint density at radius 3 is 2.65 bits per heavy atom. The van der Waals surface area contributed by atoms with E-state index in [-0.39, 0.29) is 23.9 Å². The van der Waals surface area contributed by atoms with Crippen molar-refractivity contribution in [1.29, 1.82) is 0 Å². The SMILES string of the molecule is CC(C)C1(C)CCCC(OC(=O)C[C@@H](C)O)C1. The summed E-state index contributed by atoms with van der Waals surface area (Å²) in [4.78, 5) is 11.5. The summed E-state index contributed by atoms with van der Waals surface area (Å²) in [5, 5.41) is 9.14. The first-order valence-corrected chi connectivity index (χ1v) is 6.71. The van der Waals surface area contributed by atoms with E-state index in [1.165, 1.54) is 6.42 Å². The molecule has 1 N–H and O–H groups in total. The first-order valence-electron chi connectivity index (χ1n) is 6.71. The molecule has 0 aromatic carbocycles. The number of hydrogen-bond acceptors (Lipinski definition) is 3. The number of ether oxygens (including phenoxy) is 1. The van der Waals surface area contributed by atoms with Gasteiger partial charge in [0.15, 0.2) is 0 Å². The van der Waals surface area contributed by atoms with E-state index >= 15 is 0 Å². The van der Waals surface area contributed by atoms with Gasteiger partial charge in [0.1, 0.15) is 6.10 Å². The average Bonchev–Trinajstić information content (AvgIpc) is 2.15. The number of rotatable bonds is 4. The van der Waals surface area contributed by atoms with Crippen LogP contribution in [0, 0.1) is 11.3 Å². The number of hydrogen-bond donors (Lipinski definition) is 1. The third kappa shape index (κ3) is 4.30. The maximum Gasteiger partial charge on any atom is 0.308 e. The number of aliphatic hydroxyl groups excluding tert-OH is 1. The van der Waals surface area contributed by atoms with Crippen molar-refractivity contribution in [3.8, 4) is 0 Å². The van der Waals surface area contributed by atoms with Crippen LogP contribution in [0.25, 0.3) is 0 Å². The Kier molecular flexibility index (Phi) is 4.99. The molecule has 3 atom stereocenters. The normalized spacial score (nSPS) is 31.3. The Morgan fingerprint density at radius 2 is 2.12 bits per heavy atom. The van der Waals surface area contributed by atoms with Gasteiger partial charge < -0.3 is 9.84 Å². The fourth-order valence-corrected chi connectivity index (χ4v) is 2.56. The zero-order valence-electron chi connectivity index (χ0n) is 11.5. The summed E-state index contributed by atoms with van der Waals surface area (Å²) in [6.07, 6.45) is 3.81. The van der Waals surface area contributed by atoms with Crippen LogP contribution in [0.4, 0.5) is 0 Å². The lowest BCUT2D eigenvalue weighted by molar-refractivity contribution is -0.155. The van der Waals surface area contributed by atoms with Crippen LogP contribution in [0.2, 0.25) is 0 Å². The number of esters is 1. The molecule has 0 aromatic heterocycles. The monoisotopic (exact) mass is 242 g/mol. The van der Waals surface area contributed by atoms with Crippen LogP contribution in [0.5, 0.6) is 0 Å². The van der Waals surface area contributed by atoms with Gasteiger partial charge in [0.2, 0.25) is 0 Å². The zero-order chi connectivity index (χ0) is 13.1. The fraction of sp³-hybridized carbons (Fsp3) is 0.929. The highest BCUT2D eigenvalue weighted by atomic mass is 16.5. The maximum absolute atomic E-state index is 11.5. The Bertz CT molecular complexity index is 260. The van der Waals surface area contributed by atoms with Crippen LogP contribution in [-0.4, -0.2) is 23.3 Å². The first kappa shape index (κ1) is 14.5. The van der Waals surface area contributed by atoms with E-state index in [1.54, 1.807) is 6.92 Å². The maximum atomic E-state index is 11.5. The Labute approximate surface area is 105 Å². The zero-order valence-corrected chi connectivity index (χ0v) is 11.5. The van der Waals surface area contributed by atoms with Crippen LogP contribution in [0.15, 0.2) is 0 Å². The van der Waals surface area contributed by atoms with Gasteiger partial charge in [-0.15, -0.1) is 0 Å². The lowest BCUT2D eigenvalue weighted by Crippen LogP contribution is -2.35. The van der Waals surface area contributed by atoms with Gasteiger partial charge in [-0.1, -0.05) is 20.8 Å². The van der Waals surface area contributed by atoms with Crippen molar-refractivity contribution >= 4 is 5.97 Å². The van der Waals surface area contributed by atoms with Crippen LogP contribution in [0.3, 0.4) is 0 Å². The van der Waals surface area contributed by atoms with Crippen molar-refractivity contribution < 1.29 is 14.6 Å². The molecule has 0 heterocycles. The smallest absolute Gasteiger partial charge is 0.308 e. The molecule has 3 nitrogen and oxygen atoms in total. The van der Waals surface area contributed by atoms with E-state index in [9.17, 15) is 4.79 Å². The standard InChI is InChI=1S/C14H26O3/c1-10(2)14(4)7-5-6-12(9-14)17-13(16)8-11(3)15/h10-12,15H,5-9H2,1-4H3/t11-,12?,14?/m1/s1. The number of carbonyl (C=O) groups excluding carboxylic acids is 1. The van der Waals surface area contributed by atoms with Gasteiger partial charge in [-0.05, 0) is 43.9 Å². The first-order chi connectivity index (χ1) is 7.83. The van der Waals surface area contributed by atoms with Crippen molar-refractivity contribution in [2.24, 2.45) is 11.3 Å². The molecule has 100 valence electrons. The molecule has 17 heavy (non-hydrogen) atoms. The molecule has 0 saturated heterocycles. The van der Waals surface area contributed by atoms with E-state index in [2.05, 4.69) is 20.8 Å². The highest BCUT2D eigenvalue weighted by molar-refractivity contribution is 5.70. The summed E-state index contributed by atoms with van der Waals surface area (Å²) in [5.74, 6) is 0.346. The molecular weight excluding hydrogens is 216 g/mol. The lowest BCUT2D eigenvalue weighted by atomic mass is 9.67. The largest absolute Gasteiger partial charge is 0.462 e. The molecule has 0 spiro atoms. The highest BCUT2D eigenvalue weighted by Crippen LogP contribution is 2.42. The summed E-state index contributed by atoms with van der Waals surface area (Å²) in [7, 11) is 0. The van der Waals surface area contributed by atoms with E-state index in [0.717, 1.165) is 19.3 Å².